The van der Waals surface area contributed by atoms with E-state index in [1.165, 1.54) is 5.30 Å². The van der Waals surface area contributed by atoms with Crippen molar-refractivity contribution in [2.45, 2.75) is 0 Å². The second-order valence-corrected chi connectivity index (χ2v) is 3.79. The average Bonchev–Trinajstić information content (AvgIpc) is 2.59. The largest absolute Gasteiger partial charge is 0.465 e. The van der Waals surface area contributed by atoms with Gasteiger partial charge in [0.05, 0.1) is 6.26 Å². The molecule has 2 rings (SSSR count). The highest BCUT2D eigenvalue weighted by Gasteiger charge is 1.95. The second kappa shape index (κ2) is 3.55. The highest BCUT2D eigenvalue weighted by molar-refractivity contribution is 7.55. The average molecular weight is 176 g/mol. The van der Waals surface area contributed by atoms with Crippen LogP contribution in [0.25, 0.3) is 0 Å². The summed E-state index contributed by atoms with van der Waals surface area (Å²) in [6.45, 7) is 0. The Labute approximate surface area is 73.2 Å². The fraction of sp³-hybridized carbons (Fsp3) is 0. The number of hydrogen-bond donors (Lipinski definition) is 0. The maximum atomic E-state index is 5.25. The van der Waals surface area contributed by atoms with Crippen LogP contribution in [-0.4, -0.2) is 0 Å². The monoisotopic (exact) mass is 176 g/mol. The van der Waals surface area contributed by atoms with E-state index < -0.39 is 0 Å². The molecule has 1 unspecified atom stereocenters. The molecule has 2 heteroatoms. The first-order chi connectivity index (χ1) is 5.95. The lowest BCUT2D eigenvalue weighted by Crippen LogP contribution is -1.99. The third-order valence-corrected chi connectivity index (χ3v) is 2.72. The molecule has 1 aromatic heterocycles. The highest BCUT2D eigenvalue weighted by atomic mass is 31.1. The Bertz CT molecular complexity index is 326. The molecule has 0 aliphatic rings. The zero-order chi connectivity index (χ0) is 8.23. The van der Waals surface area contributed by atoms with Crippen molar-refractivity contribution in [1.82, 2.24) is 0 Å². The zero-order valence-electron chi connectivity index (χ0n) is 6.53. The fourth-order valence-corrected chi connectivity index (χ4v) is 1.96. The van der Waals surface area contributed by atoms with E-state index in [0.717, 1.165) is 5.50 Å². The van der Waals surface area contributed by atoms with Crippen LogP contribution in [0, 0.1) is 0 Å². The van der Waals surface area contributed by atoms with E-state index >= 15 is 0 Å². The Morgan fingerprint density at radius 2 is 1.75 bits per heavy atom. The molecule has 0 bridgehead atoms. The summed E-state index contributed by atoms with van der Waals surface area (Å²) in [7, 11) is 0.635. The molecule has 0 radical (unpaired) electrons. The van der Waals surface area contributed by atoms with Gasteiger partial charge in [0.1, 0.15) is 5.50 Å². The van der Waals surface area contributed by atoms with Gasteiger partial charge in [-0.05, 0) is 26.0 Å². The molecule has 1 atom stereocenters. The van der Waals surface area contributed by atoms with Gasteiger partial charge >= 0.3 is 0 Å². The molecule has 0 saturated carbocycles. The summed E-state index contributed by atoms with van der Waals surface area (Å²) in [4.78, 5) is 0. The fourth-order valence-electron chi connectivity index (χ4n) is 1.01. The first-order valence-corrected chi connectivity index (χ1v) is 4.81. The van der Waals surface area contributed by atoms with Crippen LogP contribution in [0.4, 0.5) is 0 Å². The van der Waals surface area contributed by atoms with Crippen molar-refractivity contribution in [2.75, 3.05) is 0 Å². The molecule has 1 aromatic carbocycles. The lowest BCUT2D eigenvalue weighted by molar-refractivity contribution is 0.603. The second-order valence-electron chi connectivity index (χ2n) is 2.47. The smallest absolute Gasteiger partial charge is 0.126 e. The van der Waals surface area contributed by atoms with Crippen LogP contribution in [0.3, 0.4) is 0 Å². The molecule has 0 amide bonds. The molecule has 0 fully saturated rings. The van der Waals surface area contributed by atoms with Crippen molar-refractivity contribution in [3.63, 3.8) is 0 Å². The summed E-state index contributed by atoms with van der Waals surface area (Å²) in [6.07, 6.45) is 1.71. The number of hydrogen-bond acceptors (Lipinski definition) is 1. The maximum absolute atomic E-state index is 5.25. The van der Waals surface area contributed by atoms with Crippen LogP contribution in [0.1, 0.15) is 0 Å². The molecule has 60 valence electrons. The Hall–Kier alpha value is -1.07. The lowest BCUT2D eigenvalue weighted by Gasteiger charge is -1.95. The first-order valence-electron chi connectivity index (χ1n) is 3.81. The van der Waals surface area contributed by atoms with Crippen molar-refractivity contribution in [3.05, 3.63) is 48.7 Å². The zero-order valence-corrected chi connectivity index (χ0v) is 7.53. The third-order valence-electron chi connectivity index (χ3n) is 1.56. The van der Waals surface area contributed by atoms with Gasteiger partial charge in [-0.15, -0.1) is 0 Å². The summed E-state index contributed by atoms with van der Waals surface area (Å²) in [5, 5.41) is 1.31. The minimum absolute atomic E-state index is 0.635. The topological polar surface area (TPSA) is 13.1 Å². The van der Waals surface area contributed by atoms with Gasteiger partial charge in [-0.1, -0.05) is 30.3 Å². The minimum atomic E-state index is 0.635. The Morgan fingerprint density at radius 3 is 2.42 bits per heavy atom. The molecule has 1 nitrogen and oxygen atoms in total. The molecule has 0 N–H and O–H groups in total. The Balaban J connectivity index is 2.15. The van der Waals surface area contributed by atoms with Crippen LogP contribution in [0.15, 0.2) is 53.1 Å². The number of benzene rings is 1. The molecule has 0 aliphatic carbocycles. The van der Waals surface area contributed by atoms with Crippen molar-refractivity contribution >= 4 is 19.4 Å². The van der Waals surface area contributed by atoms with E-state index in [2.05, 4.69) is 12.1 Å². The third kappa shape index (κ3) is 1.75. The predicted octanol–water partition coefficient (Wildman–Crippen LogP) is 1.91. The van der Waals surface area contributed by atoms with E-state index in [1.807, 2.05) is 30.3 Å². The van der Waals surface area contributed by atoms with Gasteiger partial charge in [-0.3, -0.25) is 0 Å². The molecular formula is C10H9OP. The number of furan rings is 1. The molecule has 1 heterocycles. The molecule has 0 spiro atoms. The Morgan fingerprint density at radius 1 is 0.917 bits per heavy atom. The van der Waals surface area contributed by atoms with Crippen LogP contribution < -0.4 is 10.8 Å². The minimum Gasteiger partial charge on any atom is -0.465 e. The first kappa shape index (κ1) is 7.57. The standard InChI is InChI=1S/C10H9OP/c1-2-5-9(6-3-1)12-10-7-4-8-11-10/h1-8,12H. The van der Waals surface area contributed by atoms with Crippen LogP contribution in [0.2, 0.25) is 0 Å². The van der Waals surface area contributed by atoms with Crippen LogP contribution in [0.5, 0.6) is 0 Å². The van der Waals surface area contributed by atoms with Gasteiger partial charge in [0, 0.05) is 0 Å². The van der Waals surface area contributed by atoms with Gasteiger partial charge in [0.2, 0.25) is 0 Å². The van der Waals surface area contributed by atoms with E-state index in [-0.39, 0.29) is 0 Å². The summed E-state index contributed by atoms with van der Waals surface area (Å²) in [5.41, 5.74) is 1.04. The van der Waals surface area contributed by atoms with Gasteiger partial charge in [0.15, 0.2) is 0 Å². The maximum Gasteiger partial charge on any atom is 0.126 e. The van der Waals surface area contributed by atoms with Crippen molar-refractivity contribution < 1.29 is 4.42 Å². The predicted molar refractivity (Wildman–Crippen MR) is 52.7 cm³/mol. The van der Waals surface area contributed by atoms with E-state index in [9.17, 15) is 0 Å². The lowest BCUT2D eigenvalue weighted by atomic mass is 10.4. The van der Waals surface area contributed by atoms with Crippen molar-refractivity contribution in [1.29, 1.82) is 0 Å². The quantitative estimate of drug-likeness (QED) is 0.637. The highest BCUT2D eigenvalue weighted by Crippen LogP contribution is 2.09. The van der Waals surface area contributed by atoms with Crippen molar-refractivity contribution in [2.24, 2.45) is 0 Å². The molecule has 2 aromatic rings. The van der Waals surface area contributed by atoms with Crippen LogP contribution in [-0.2, 0) is 0 Å². The summed E-state index contributed by atoms with van der Waals surface area (Å²) in [6, 6.07) is 14.3. The van der Waals surface area contributed by atoms with Gasteiger partial charge in [0.25, 0.3) is 0 Å². The summed E-state index contributed by atoms with van der Waals surface area (Å²) < 4.78 is 5.25. The molecule has 0 aliphatic heterocycles. The van der Waals surface area contributed by atoms with E-state index in [0.29, 0.717) is 8.58 Å². The summed E-state index contributed by atoms with van der Waals surface area (Å²) in [5.74, 6) is 0. The number of rotatable bonds is 2. The summed E-state index contributed by atoms with van der Waals surface area (Å²) >= 11 is 0. The van der Waals surface area contributed by atoms with E-state index in [4.69, 9.17) is 4.42 Å². The van der Waals surface area contributed by atoms with E-state index in [1.54, 1.807) is 6.26 Å². The molecule has 0 saturated heterocycles. The van der Waals surface area contributed by atoms with Gasteiger partial charge < -0.3 is 4.42 Å². The SMILES string of the molecule is c1ccc(Pc2ccco2)cc1. The van der Waals surface area contributed by atoms with Gasteiger partial charge in [-0.25, -0.2) is 0 Å². The van der Waals surface area contributed by atoms with Crippen molar-refractivity contribution in [3.8, 4) is 0 Å². The van der Waals surface area contributed by atoms with Gasteiger partial charge in [-0.2, -0.15) is 0 Å². The van der Waals surface area contributed by atoms with Crippen LogP contribution >= 0.6 is 8.58 Å². The molecule has 12 heavy (non-hydrogen) atoms. The normalized spacial score (nSPS) is 11.0. The molecular weight excluding hydrogens is 167 g/mol. The Kier molecular flexibility index (Phi) is 2.24.